The molecule has 20 heavy (non-hydrogen) atoms. The number of hydrogen-bond donors (Lipinski definition) is 2. The van der Waals surface area contributed by atoms with E-state index in [-0.39, 0.29) is 12.1 Å². The van der Waals surface area contributed by atoms with Gasteiger partial charge >= 0.3 is 0 Å². The molecule has 0 fully saturated rings. The first-order valence-corrected chi connectivity index (χ1v) is 7.37. The van der Waals surface area contributed by atoms with Crippen LogP contribution in [0.15, 0.2) is 24.3 Å². The van der Waals surface area contributed by atoms with Crippen LogP contribution in [0.3, 0.4) is 0 Å². The lowest BCUT2D eigenvalue weighted by molar-refractivity contribution is 0.229. The van der Waals surface area contributed by atoms with Crippen LogP contribution >= 0.6 is 0 Å². The fourth-order valence-electron chi connectivity index (χ4n) is 2.42. The van der Waals surface area contributed by atoms with Gasteiger partial charge in [0.1, 0.15) is 5.82 Å². The summed E-state index contributed by atoms with van der Waals surface area (Å²) in [5.41, 5.74) is 2.17. The summed E-state index contributed by atoms with van der Waals surface area (Å²) in [6.45, 7) is 8.30. The highest BCUT2D eigenvalue weighted by molar-refractivity contribution is 5.75. The molecule has 0 spiro atoms. The van der Waals surface area contributed by atoms with Crippen molar-refractivity contribution in [1.29, 1.82) is 0 Å². The molecule has 1 aromatic heterocycles. The van der Waals surface area contributed by atoms with Crippen molar-refractivity contribution in [2.75, 3.05) is 6.61 Å². The lowest BCUT2D eigenvalue weighted by Crippen LogP contribution is -2.40. The number of hydrogen-bond acceptors (Lipinski definition) is 3. The summed E-state index contributed by atoms with van der Waals surface area (Å²) < 4.78 is 2.29. The van der Waals surface area contributed by atoms with Crippen LogP contribution in [0.2, 0.25) is 0 Å². The number of rotatable bonds is 7. The third kappa shape index (κ3) is 3.38. The molecule has 0 aliphatic rings. The fourth-order valence-corrected chi connectivity index (χ4v) is 2.42. The monoisotopic (exact) mass is 275 g/mol. The summed E-state index contributed by atoms with van der Waals surface area (Å²) in [6.07, 6.45) is 1.83. The van der Waals surface area contributed by atoms with E-state index < -0.39 is 0 Å². The lowest BCUT2D eigenvalue weighted by Gasteiger charge is -2.25. The average molecular weight is 275 g/mol. The third-order valence-corrected chi connectivity index (χ3v) is 3.64. The van der Waals surface area contributed by atoms with Crippen LogP contribution in [0.4, 0.5) is 0 Å². The smallest absolute Gasteiger partial charge is 0.123 e. The fraction of sp³-hybridized carbons (Fsp3) is 0.562. The van der Waals surface area contributed by atoms with Gasteiger partial charge in [-0.3, -0.25) is 0 Å². The van der Waals surface area contributed by atoms with Crippen LogP contribution in [0.1, 0.15) is 39.4 Å². The third-order valence-electron chi connectivity index (χ3n) is 3.64. The topological polar surface area (TPSA) is 50.1 Å². The second-order valence-corrected chi connectivity index (χ2v) is 5.88. The molecule has 0 saturated carbocycles. The second-order valence-electron chi connectivity index (χ2n) is 5.88. The van der Waals surface area contributed by atoms with E-state index in [2.05, 4.69) is 48.9 Å². The van der Waals surface area contributed by atoms with Gasteiger partial charge < -0.3 is 15.0 Å². The number of nitrogens with one attached hydrogen (secondary N) is 1. The number of imidazole rings is 1. The van der Waals surface area contributed by atoms with Gasteiger partial charge in [0.2, 0.25) is 0 Å². The standard InChI is InChI=1S/C16H25N3O/c1-4-10-19-14-8-6-5-7-13(14)18-15(19)12-17-16(2,3)9-11-20/h5-8,17,20H,4,9-12H2,1-3H3. The van der Waals surface area contributed by atoms with Crippen molar-refractivity contribution in [2.45, 2.75) is 52.2 Å². The van der Waals surface area contributed by atoms with Crippen molar-refractivity contribution < 1.29 is 5.11 Å². The first kappa shape index (κ1) is 15.0. The number of aromatic nitrogens is 2. The highest BCUT2D eigenvalue weighted by Gasteiger charge is 2.18. The molecule has 0 bridgehead atoms. The van der Waals surface area contributed by atoms with Gasteiger partial charge in [0, 0.05) is 18.7 Å². The maximum absolute atomic E-state index is 9.09. The highest BCUT2D eigenvalue weighted by Crippen LogP contribution is 2.17. The zero-order valence-electron chi connectivity index (χ0n) is 12.7. The Balaban J connectivity index is 2.22. The molecule has 1 heterocycles. The molecule has 0 amide bonds. The maximum Gasteiger partial charge on any atom is 0.123 e. The number of fused-ring (bicyclic) bond motifs is 1. The molecule has 2 N–H and O–H groups in total. The van der Waals surface area contributed by atoms with E-state index in [9.17, 15) is 0 Å². The SMILES string of the molecule is CCCn1c(CNC(C)(C)CCO)nc2ccccc21. The first-order valence-electron chi connectivity index (χ1n) is 7.37. The molecule has 0 unspecified atom stereocenters. The van der Waals surface area contributed by atoms with E-state index in [1.807, 2.05) is 6.07 Å². The highest BCUT2D eigenvalue weighted by atomic mass is 16.3. The molecule has 2 rings (SSSR count). The molecule has 2 aromatic rings. The van der Waals surface area contributed by atoms with Crippen LogP contribution < -0.4 is 5.32 Å². The van der Waals surface area contributed by atoms with Gasteiger partial charge in [-0.1, -0.05) is 19.1 Å². The van der Waals surface area contributed by atoms with E-state index in [0.29, 0.717) is 0 Å². The lowest BCUT2D eigenvalue weighted by atomic mass is 10.0. The minimum Gasteiger partial charge on any atom is -0.396 e. The van der Waals surface area contributed by atoms with Crippen molar-refractivity contribution in [3.05, 3.63) is 30.1 Å². The number of benzene rings is 1. The van der Waals surface area contributed by atoms with Gasteiger partial charge in [-0.15, -0.1) is 0 Å². The van der Waals surface area contributed by atoms with Crippen molar-refractivity contribution >= 4 is 11.0 Å². The van der Waals surface area contributed by atoms with Crippen LogP contribution in [-0.2, 0) is 13.1 Å². The van der Waals surface area contributed by atoms with Gasteiger partial charge in [-0.25, -0.2) is 4.98 Å². The van der Waals surface area contributed by atoms with Gasteiger partial charge in [0.05, 0.1) is 17.6 Å². The molecule has 1 aromatic carbocycles. The Morgan fingerprint density at radius 2 is 2.05 bits per heavy atom. The summed E-state index contributed by atoms with van der Waals surface area (Å²) in [7, 11) is 0. The van der Waals surface area contributed by atoms with Gasteiger partial charge in [0.15, 0.2) is 0 Å². The Morgan fingerprint density at radius 1 is 1.30 bits per heavy atom. The molecular formula is C16H25N3O. The quantitative estimate of drug-likeness (QED) is 0.817. The second kappa shape index (κ2) is 6.37. The molecule has 0 aliphatic heterocycles. The van der Waals surface area contributed by atoms with Crippen LogP contribution in [0.25, 0.3) is 11.0 Å². The Morgan fingerprint density at radius 3 is 2.75 bits per heavy atom. The predicted molar refractivity (Wildman–Crippen MR) is 82.6 cm³/mol. The molecule has 0 saturated heterocycles. The molecule has 0 atom stereocenters. The van der Waals surface area contributed by atoms with Crippen molar-refractivity contribution in [1.82, 2.24) is 14.9 Å². The molecule has 0 aliphatic carbocycles. The number of aryl methyl sites for hydroxylation is 1. The Kier molecular flexibility index (Phi) is 4.78. The molecule has 4 heteroatoms. The molecule has 4 nitrogen and oxygen atoms in total. The Labute approximate surface area is 120 Å². The first-order chi connectivity index (χ1) is 9.57. The summed E-state index contributed by atoms with van der Waals surface area (Å²) in [5.74, 6) is 1.07. The zero-order chi connectivity index (χ0) is 14.6. The number of para-hydroxylation sites is 2. The number of aliphatic hydroxyl groups excluding tert-OH is 1. The van der Waals surface area contributed by atoms with E-state index >= 15 is 0 Å². The van der Waals surface area contributed by atoms with Crippen molar-refractivity contribution in [3.63, 3.8) is 0 Å². The summed E-state index contributed by atoms with van der Waals surface area (Å²) in [4.78, 5) is 4.73. The minimum atomic E-state index is -0.0794. The summed E-state index contributed by atoms with van der Waals surface area (Å²) in [5, 5.41) is 12.6. The zero-order valence-corrected chi connectivity index (χ0v) is 12.7. The Bertz CT molecular complexity index is 560. The van der Waals surface area contributed by atoms with Gasteiger partial charge in [-0.2, -0.15) is 0 Å². The average Bonchev–Trinajstić information content (AvgIpc) is 2.76. The Hall–Kier alpha value is -1.39. The van der Waals surface area contributed by atoms with Crippen LogP contribution in [0, 0.1) is 0 Å². The van der Waals surface area contributed by atoms with Crippen molar-refractivity contribution in [3.8, 4) is 0 Å². The summed E-state index contributed by atoms with van der Waals surface area (Å²) >= 11 is 0. The molecule has 0 radical (unpaired) electrons. The minimum absolute atomic E-state index is 0.0794. The van der Waals surface area contributed by atoms with Crippen LogP contribution in [0.5, 0.6) is 0 Å². The van der Waals surface area contributed by atoms with Gasteiger partial charge in [-0.05, 0) is 38.8 Å². The van der Waals surface area contributed by atoms with Gasteiger partial charge in [0.25, 0.3) is 0 Å². The van der Waals surface area contributed by atoms with E-state index in [0.717, 1.165) is 37.3 Å². The van der Waals surface area contributed by atoms with E-state index in [1.165, 1.54) is 5.52 Å². The number of aliphatic hydroxyl groups is 1. The van der Waals surface area contributed by atoms with E-state index in [4.69, 9.17) is 10.1 Å². The number of nitrogens with zero attached hydrogens (tertiary/aromatic N) is 2. The van der Waals surface area contributed by atoms with Crippen LogP contribution in [-0.4, -0.2) is 26.8 Å². The van der Waals surface area contributed by atoms with E-state index in [1.54, 1.807) is 0 Å². The molecule has 110 valence electrons. The molecular weight excluding hydrogens is 250 g/mol. The maximum atomic E-state index is 9.09. The normalized spacial score (nSPS) is 12.2. The van der Waals surface area contributed by atoms with Crippen molar-refractivity contribution in [2.24, 2.45) is 0 Å². The largest absolute Gasteiger partial charge is 0.396 e. The predicted octanol–water partition coefficient (Wildman–Crippen LogP) is 2.70. The summed E-state index contributed by atoms with van der Waals surface area (Å²) in [6, 6.07) is 8.27.